The molecule has 84 valence electrons. The van der Waals surface area contributed by atoms with E-state index in [1.807, 2.05) is 37.3 Å². The van der Waals surface area contributed by atoms with Crippen LogP contribution in [0, 0.1) is 0 Å². The summed E-state index contributed by atoms with van der Waals surface area (Å²) in [5.74, 6) is 0.826. The second kappa shape index (κ2) is 4.86. The Bertz CT molecular complexity index is 420. The van der Waals surface area contributed by atoms with Gasteiger partial charge in [0.1, 0.15) is 11.9 Å². The lowest BCUT2D eigenvalue weighted by Crippen LogP contribution is -1.98. The molecule has 1 aromatic heterocycles. The molecule has 1 atom stereocenters. The molecule has 0 radical (unpaired) electrons. The van der Waals surface area contributed by atoms with Crippen LogP contribution in [0.4, 0.5) is 0 Å². The summed E-state index contributed by atoms with van der Waals surface area (Å²) >= 11 is 0. The number of aliphatic hydroxyl groups excluding tert-OH is 1. The Labute approximate surface area is 94.7 Å². The van der Waals surface area contributed by atoms with Gasteiger partial charge >= 0.3 is 0 Å². The van der Waals surface area contributed by atoms with E-state index in [9.17, 15) is 5.11 Å². The first-order valence-electron chi connectivity index (χ1n) is 5.34. The van der Waals surface area contributed by atoms with Gasteiger partial charge in [-0.25, -0.2) is 0 Å². The van der Waals surface area contributed by atoms with Crippen molar-refractivity contribution in [2.45, 2.75) is 13.0 Å². The van der Waals surface area contributed by atoms with Crippen LogP contribution in [-0.4, -0.2) is 16.7 Å². The maximum atomic E-state index is 10.0. The van der Waals surface area contributed by atoms with Gasteiger partial charge in [-0.2, -0.15) is 0 Å². The maximum absolute atomic E-state index is 10.0. The number of rotatable bonds is 4. The largest absolute Gasteiger partial charge is 0.494 e. The highest BCUT2D eigenvalue weighted by Gasteiger charge is 2.10. The normalized spacial score (nSPS) is 12.4. The molecule has 0 saturated carbocycles. The van der Waals surface area contributed by atoms with E-state index in [2.05, 4.69) is 4.98 Å². The van der Waals surface area contributed by atoms with E-state index < -0.39 is 6.10 Å². The first-order valence-corrected chi connectivity index (χ1v) is 5.34. The maximum Gasteiger partial charge on any atom is 0.119 e. The predicted molar refractivity (Wildman–Crippen MR) is 62.5 cm³/mol. The number of hydrogen-bond acceptors (Lipinski definition) is 2. The quantitative estimate of drug-likeness (QED) is 0.826. The molecule has 0 aliphatic rings. The van der Waals surface area contributed by atoms with Gasteiger partial charge in [0.05, 0.1) is 6.61 Å². The molecule has 0 bridgehead atoms. The number of aliphatic hydroxyl groups is 1. The van der Waals surface area contributed by atoms with Crippen molar-refractivity contribution >= 4 is 0 Å². The molecule has 3 nitrogen and oxygen atoms in total. The molecule has 0 saturated heterocycles. The molecule has 2 rings (SSSR count). The third-order valence-corrected chi connectivity index (χ3v) is 2.44. The summed E-state index contributed by atoms with van der Waals surface area (Å²) in [7, 11) is 0. The van der Waals surface area contributed by atoms with Crippen LogP contribution < -0.4 is 4.74 Å². The zero-order valence-electron chi connectivity index (χ0n) is 9.18. The minimum Gasteiger partial charge on any atom is -0.494 e. The summed E-state index contributed by atoms with van der Waals surface area (Å²) < 4.78 is 5.34. The topological polar surface area (TPSA) is 45.2 Å². The van der Waals surface area contributed by atoms with E-state index in [1.54, 1.807) is 12.4 Å². The molecule has 1 aromatic carbocycles. The molecule has 2 aromatic rings. The third-order valence-electron chi connectivity index (χ3n) is 2.44. The first kappa shape index (κ1) is 10.8. The van der Waals surface area contributed by atoms with Crippen molar-refractivity contribution in [1.82, 2.24) is 4.98 Å². The number of nitrogens with one attached hydrogen (secondary N) is 1. The van der Waals surface area contributed by atoms with Crippen molar-refractivity contribution in [2.75, 3.05) is 6.61 Å². The summed E-state index contributed by atoms with van der Waals surface area (Å²) in [4.78, 5) is 2.93. The van der Waals surface area contributed by atoms with Gasteiger partial charge in [-0.3, -0.25) is 0 Å². The van der Waals surface area contributed by atoms with Gasteiger partial charge in [0.2, 0.25) is 0 Å². The average molecular weight is 217 g/mol. The van der Waals surface area contributed by atoms with Gasteiger partial charge in [0, 0.05) is 18.0 Å². The second-order valence-corrected chi connectivity index (χ2v) is 3.55. The molecule has 3 heteroatoms. The SMILES string of the molecule is CCOc1ccc(C(O)c2cc[nH]c2)cc1. The van der Waals surface area contributed by atoms with E-state index in [-0.39, 0.29) is 0 Å². The van der Waals surface area contributed by atoms with Crippen molar-refractivity contribution in [1.29, 1.82) is 0 Å². The Balaban J connectivity index is 2.15. The van der Waals surface area contributed by atoms with Crippen LogP contribution in [0.25, 0.3) is 0 Å². The van der Waals surface area contributed by atoms with Crippen LogP contribution in [0.2, 0.25) is 0 Å². The molecule has 0 fully saturated rings. The van der Waals surface area contributed by atoms with Crippen LogP contribution in [0.15, 0.2) is 42.7 Å². The molecular formula is C13H15NO2. The average Bonchev–Trinajstić information content (AvgIpc) is 2.83. The molecular weight excluding hydrogens is 202 g/mol. The zero-order valence-corrected chi connectivity index (χ0v) is 9.18. The fourth-order valence-electron chi connectivity index (χ4n) is 1.61. The predicted octanol–water partition coefficient (Wildman–Crippen LogP) is 2.50. The van der Waals surface area contributed by atoms with Crippen molar-refractivity contribution in [3.63, 3.8) is 0 Å². The van der Waals surface area contributed by atoms with E-state index in [1.165, 1.54) is 0 Å². The standard InChI is InChI=1S/C13H15NO2/c1-2-16-12-5-3-10(4-6-12)13(15)11-7-8-14-9-11/h3-9,13-15H,2H2,1H3. The highest BCUT2D eigenvalue weighted by Crippen LogP contribution is 2.23. The smallest absolute Gasteiger partial charge is 0.119 e. The van der Waals surface area contributed by atoms with Gasteiger partial charge in [-0.05, 0) is 30.7 Å². The van der Waals surface area contributed by atoms with Crippen LogP contribution in [0.1, 0.15) is 24.2 Å². The molecule has 2 N–H and O–H groups in total. The summed E-state index contributed by atoms with van der Waals surface area (Å²) in [6.07, 6.45) is 3.01. The number of aromatic nitrogens is 1. The fourth-order valence-corrected chi connectivity index (χ4v) is 1.61. The number of benzene rings is 1. The highest BCUT2D eigenvalue weighted by molar-refractivity contribution is 5.33. The second-order valence-electron chi connectivity index (χ2n) is 3.55. The number of ether oxygens (including phenoxy) is 1. The molecule has 0 amide bonds. The molecule has 0 aliphatic carbocycles. The van der Waals surface area contributed by atoms with Gasteiger partial charge in [0.25, 0.3) is 0 Å². The third kappa shape index (κ3) is 2.25. The van der Waals surface area contributed by atoms with E-state index in [0.717, 1.165) is 16.9 Å². The lowest BCUT2D eigenvalue weighted by molar-refractivity contribution is 0.220. The highest BCUT2D eigenvalue weighted by atomic mass is 16.5. The molecule has 1 unspecified atom stereocenters. The van der Waals surface area contributed by atoms with Crippen molar-refractivity contribution in [3.05, 3.63) is 53.9 Å². The minimum atomic E-state index is -0.582. The van der Waals surface area contributed by atoms with E-state index in [4.69, 9.17) is 4.74 Å². The van der Waals surface area contributed by atoms with Crippen LogP contribution >= 0.6 is 0 Å². The Kier molecular flexibility index (Phi) is 3.27. The Hall–Kier alpha value is -1.74. The van der Waals surface area contributed by atoms with Gasteiger partial charge in [0.15, 0.2) is 0 Å². The van der Waals surface area contributed by atoms with Crippen molar-refractivity contribution in [3.8, 4) is 5.75 Å². The van der Waals surface area contributed by atoms with Crippen LogP contribution in [-0.2, 0) is 0 Å². The zero-order chi connectivity index (χ0) is 11.4. The molecule has 16 heavy (non-hydrogen) atoms. The lowest BCUT2D eigenvalue weighted by atomic mass is 10.0. The minimum absolute atomic E-state index is 0.582. The van der Waals surface area contributed by atoms with Crippen molar-refractivity contribution < 1.29 is 9.84 Å². The first-order chi connectivity index (χ1) is 7.81. The Morgan fingerprint density at radius 3 is 2.50 bits per heavy atom. The van der Waals surface area contributed by atoms with Gasteiger partial charge < -0.3 is 14.8 Å². The number of H-pyrrole nitrogens is 1. The van der Waals surface area contributed by atoms with Crippen molar-refractivity contribution in [2.24, 2.45) is 0 Å². The van der Waals surface area contributed by atoms with E-state index in [0.29, 0.717) is 6.61 Å². The van der Waals surface area contributed by atoms with Crippen LogP contribution in [0.5, 0.6) is 5.75 Å². The summed E-state index contributed by atoms with van der Waals surface area (Å²) in [5, 5.41) is 10.0. The van der Waals surface area contributed by atoms with Gasteiger partial charge in [-0.15, -0.1) is 0 Å². The Morgan fingerprint density at radius 1 is 1.19 bits per heavy atom. The summed E-state index contributed by atoms with van der Waals surface area (Å²) in [6.45, 7) is 2.60. The van der Waals surface area contributed by atoms with Crippen LogP contribution in [0.3, 0.4) is 0 Å². The van der Waals surface area contributed by atoms with E-state index >= 15 is 0 Å². The Morgan fingerprint density at radius 2 is 1.94 bits per heavy atom. The molecule has 1 heterocycles. The number of hydrogen-bond donors (Lipinski definition) is 2. The fraction of sp³-hybridized carbons (Fsp3) is 0.231. The molecule has 0 spiro atoms. The monoisotopic (exact) mass is 217 g/mol. The number of aromatic amines is 1. The molecule has 0 aliphatic heterocycles. The lowest BCUT2D eigenvalue weighted by Gasteiger charge is -2.10. The summed E-state index contributed by atoms with van der Waals surface area (Å²) in [6, 6.07) is 9.36. The van der Waals surface area contributed by atoms with Gasteiger partial charge in [-0.1, -0.05) is 12.1 Å². The summed E-state index contributed by atoms with van der Waals surface area (Å²) in [5.41, 5.74) is 1.73.